The van der Waals surface area contributed by atoms with E-state index in [9.17, 15) is 4.79 Å². The first-order chi connectivity index (χ1) is 8.50. The number of amides is 1. The average molecular weight is 318 g/mol. The van der Waals surface area contributed by atoms with Crippen LogP contribution in [-0.4, -0.2) is 34.9 Å². The lowest BCUT2D eigenvalue weighted by Gasteiger charge is -2.09. The molecule has 0 aliphatic heterocycles. The Morgan fingerprint density at radius 2 is 2.33 bits per heavy atom. The van der Waals surface area contributed by atoms with E-state index < -0.39 is 0 Å². The zero-order valence-corrected chi connectivity index (χ0v) is 12.7. The molecule has 0 atom stereocenters. The fourth-order valence-corrected chi connectivity index (χ4v) is 1.69. The lowest BCUT2D eigenvalue weighted by molar-refractivity contribution is -0.121. The van der Waals surface area contributed by atoms with E-state index >= 15 is 0 Å². The molecular formula is C12H20BrN3O2. The van der Waals surface area contributed by atoms with Crippen LogP contribution < -0.4 is 5.32 Å². The Morgan fingerprint density at radius 3 is 2.89 bits per heavy atom. The number of hydrogen-bond donors (Lipinski definition) is 1. The predicted octanol–water partition coefficient (Wildman–Crippen LogP) is 1.89. The fourth-order valence-electron chi connectivity index (χ4n) is 1.39. The Bertz CT molecular complexity index is 391. The maximum atomic E-state index is 11.6. The van der Waals surface area contributed by atoms with Crippen LogP contribution in [0.1, 0.15) is 26.0 Å². The van der Waals surface area contributed by atoms with Crippen molar-refractivity contribution < 1.29 is 9.53 Å². The fraction of sp³-hybridized carbons (Fsp3) is 0.667. The topological polar surface area (TPSA) is 56.2 Å². The van der Waals surface area contributed by atoms with Crippen molar-refractivity contribution in [2.45, 2.75) is 39.8 Å². The van der Waals surface area contributed by atoms with Crippen LogP contribution in [0.2, 0.25) is 0 Å². The molecule has 102 valence electrons. The molecule has 1 aromatic rings. The maximum Gasteiger partial charge on any atom is 0.241 e. The van der Waals surface area contributed by atoms with Gasteiger partial charge in [0, 0.05) is 13.2 Å². The van der Waals surface area contributed by atoms with Gasteiger partial charge in [-0.1, -0.05) is 0 Å². The van der Waals surface area contributed by atoms with Crippen LogP contribution in [-0.2, 0) is 16.1 Å². The highest BCUT2D eigenvalue weighted by Crippen LogP contribution is 2.13. The SMILES string of the molecule is Cc1c(Br)cnn1CC(=O)NCCCOC(C)C. The summed E-state index contributed by atoms with van der Waals surface area (Å²) in [5.74, 6) is -0.0294. The summed E-state index contributed by atoms with van der Waals surface area (Å²) in [4.78, 5) is 11.6. The second-order valence-electron chi connectivity index (χ2n) is 4.36. The number of nitrogens with zero attached hydrogens (tertiary/aromatic N) is 2. The van der Waals surface area contributed by atoms with E-state index in [4.69, 9.17) is 4.74 Å². The Kier molecular flexibility index (Phi) is 6.35. The molecule has 0 spiro atoms. The van der Waals surface area contributed by atoms with Gasteiger partial charge in [0.2, 0.25) is 5.91 Å². The molecule has 0 saturated carbocycles. The summed E-state index contributed by atoms with van der Waals surface area (Å²) in [6.45, 7) is 7.47. The van der Waals surface area contributed by atoms with Gasteiger partial charge in [0.15, 0.2) is 0 Å². The molecule has 1 N–H and O–H groups in total. The number of carbonyl (C=O) groups excluding carboxylic acids is 1. The summed E-state index contributed by atoms with van der Waals surface area (Å²) in [5.41, 5.74) is 0.952. The van der Waals surface area contributed by atoms with Crippen LogP contribution in [0.25, 0.3) is 0 Å². The molecule has 0 aromatic carbocycles. The standard InChI is InChI=1S/C12H20BrN3O2/c1-9(2)18-6-4-5-14-12(17)8-16-10(3)11(13)7-15-16/h7,9H,4-6,8H2,1-3H3,(H,14,17). The molecule has 5 nitrogen and oxygen atoms in total. The van der Waals surface area contributed by atoms with Gasteiger partial charge < -0.3 is 10.1 Å². The van der Waals surface area contributed by atoms with Gasteiger partial charge in [0.05, 0.1) is 22.5 Å². The minimum absolute atomic E-state index is 0.0294. The van der Waals surface area contributed by atoms with E-state index in [0.717, 1.165) is 16.6 Å². The Balaban J connectivity index is 2.20. The number of halogens is 1. The number of ether oxygens (including phenoxy) is 1. The van der Waals surface area contributed by atoms with E-state index in [2.05, 4.69) is 26.3 Å². The van der Waals surface area contributed by atoms with E-state index in [1.165, 1.54) is 0 Å². The van der Waals surface area contributed by atoms with E-state index in [1.54, 1.807) is 10.9 Å². The van der Waals surface area contributed by atoms with Crippen LogP contribution in [0.15, 0.2) is 10.7 Å². The number of rotatable bonds is 7. The molecule has 0 fully saturated rings. The average Bonchev–Trinajstić information content (AvgIpc) is 2.60. The molecule has 1 rings (SSSR count). The second kappa shape index (κ2) is 7.53. The normalized spacial score (nSPS) is 10.9. The molecule has 0 radical (unpaired) electrons. The van der Waals surface area contributed by atoms with Crippen LogP contribution in [0.5, 0.6) is 0 Å². The zero-order valence-electron chi connectivity index (χ0n) is 11.1. The minimum Gasteiger partial charge on any atom is -0.379 e. The first-order valence-electron chi connectivity index (χ1n) is 6.07. The summed E-state index contributed by atoms with van der Waals surface area (Å²) >= 11 is 3.36. The van der Waals surface area contributed by atoms with Gasteiger partial charge in [0.25, 0.3) is 0 Å². The van der Waals surface area contributed by atoms with E-state index in [1.807, 2.05) is 20.8 Å². The lowest BCUT2D eigenvalue weighted by Crippen LogP contribution is -2.29. The molecular weight excluding hydrogens is 298 g/mol. The quantitative estimate of drug-likeness (QED) is 0.781. The number of carbonyl (C=O) groups is 1. The van der Waals surface area contributed by atoms with Gasteiger partial charge in [-0.3, -0.25) is 9.48 Å². The third-order valence-corrected chi connectivity index (χ3v) is 3.21. The highest BCUT2D eigenvalue weighted by atomic mass is 79.9. The van der Waals surface area contributed by atoms with Gasteiger partial charge in [0.1, 0.15) is 6.54 Å². The Labute approximate surface area is 116 Å². The number of hydrogen-bond acceptors (Lipinski definition) is 3. The van der Waals surface area contributed by atoms with Gasteiger partial charge in [-0.25, -0.2) is 0 Å². The first kappa shape index (κ1) is 15.2. The smallest absolute Gasteiger partial charge is 0.241 e. The van der Waals surface area contributed by atoms with Gasteiger partial charge in [-0.05, 0) is 43.1 Å². The monoisotopic (exact) mass is 317 g/mol. The lowest BCUT2D eigenvalue weighted by atomic mass is 10.4. The summed E-state index contributed by atoms with van der Waals surface area (Å²) in [6, 6.07) is 0. The van der Waals surface area contributed by atoms with Crippen LogP contribution in [0.3, 0.4) is 0 Å². The summed E-state index contributed by atoms with van der Waals surface area (Å²) in [6.07, 6.45) is 2.76. The first-order valence-corrected chi connectivity index (χ1v) is 6.86. The van der Waals surface area contributed by atoms with Crippen molar-refractivity contribution in [3.05, 3.63) is 16.4 Å². The van der Waals surface area contributed by atoms with Crippen molar-refractivity contribution in [3.8, 4) is 0 Å². The highest BCUT2D eigenvalue weighted by molar-refractivity contribution is 9.10. The minimum atomic E-state index is -0.0294. The van der Waals surface area contributed by atoms with Gasteiger partial charge in [-0.2, -0.15) is 5.10 Å². The molecule has 0 unspecified atom stereocenters. The van der Waals surface area contributed by atoms with Crippen molar-refractivity contribution >= 4 is 21.8 Å². The van der Waals surface area contributed by atoms with Crippen molar-refractivity contribution in [2.24, 2.45) is 0 Å². The third kappa shape index (κ3) is 5.18. The summed E-state index contributed by atoms with van der Waals surface area (Å²) in [5, 5.41) is 6.95. The number of nitrogens with one attached hydrogen (secondary N) is 1. The van der Waals surface area contributed by atoms with E-state index in [0.29, 0.717) is 13.2 Å². The summed E-state index contributed by atoms with van der Waals surface area (Å²) in [7, 11) is 0. The molecule has 18 heavy (non-hydrogen) atoms. The van der Waals surface area contributed by atoms with Crippen LogP contribution in [0, 0.1) is 6.92 Å². The van der Waals surface area contributed by atoms with Crippen LogP contribution >= 0.6 is 15.9 Å². The zero-order chi connectivity index (χ0) is 13.5. The molecule has 1 amide bonds. The number of aromatic nitrogens is 2. The maximum absolute atomic E-state index is 11.6. The molecule has 1 aromatic heterocycles. The molecule has 1 heterocycles. The van der Waals surface area contributed by atoms with Crippen molar-refractivity contribution in [3.63, 3.8) is 0 Å². The summed E-state index contributed by atoms with van der Waals surface area (Å²) < 4.78 is 7.98. The van der Waals surface area contributed by atoms with Crippen molar-refractivity contribution in [1.29, 1.82) is 0 Å². The van der Waals surface area contributed by atoms with Crippen molar-refractivity contribution in [1.82, 2.24) is 15.1 Å². The van der Waals surface area contributed by atoms with Crippen molar-refractivity contribution in [2.75, 3.05) is 13.2 Å². The molecule has 0 aliphatic carbocycles. The molecule has 0 bridgehead atoms. The largest absolute Gasteiger partial charge is 0.379 e. The second-order valence-corrected chi connectivity index (χ2v) is 5.21. The molecule has 0 saturated heterocycles. The van der Waals surface area contributed by atoms with E-state index in [-0.39, 0.29) is 18.6 Å². The third-order valence-electron chi connectivity index (χ3n) is 2.43. The van der Waals surface area contributed by atoms with Gasteiger partial charge in [-0.15, -0.1) is 0 Å². The van der Waals surface area contributed by atoms with Crippen LogP contribution in [0.4, 0.5) is 0 Å². The predicted molar refractivity (Wildman–Crippen MR) is 73.4 cm³/mol. The molecule has 6 heteroatoms. The highest BCUT2D eigenvalue weighted by Gasteiger charge is 2.07. The Hall–Kier alpha value is -0.880. The molecule has 0 aliphatic rings. The van der Waals surface area contributed by atoms with Gasteiger partial charge >= 0.3 is 0 Å². The Morgan fingerprint density at radius 1 is 1.61 bits per heavy atom.